The van der Waals surface area contributed by atoms with Gasteiger partial charge in [-0.15, -0.1) is 0 Å². The van der Waals surface area contributed by atoms with E-state index in [0.29, 0.717) is 4.77 Å². The molecular weight excluding hydrogens is 232 g/mol. The zero-order valence-electron chi connectivity index (χ0n) is 10.3. The molecule has 0 aliphatic heterocycles. The van der Waals surface area contributed by atoms with Crippen LogP contribution in [0.2, 0.25) is 0 Å². The van der Waals surface area contributed by atoms with Crippen LogP contribution in [0.25, 0.3) is 0 Å². The van der Waals surface area contributed by atoms with Crippen LogP contribution >= 0.6 is 12.2 Å². The maximum absolute atomic E-state index is 11.0. The summed E-state index contributed by atoms with van der Waals surface area (Å²) in [6.07, 6.45) is 8.39. The molecule has 1 saturated carbocycles. The summed E-state index contributed by atoms with van der Waals surface area (Å²) in [4.78, 5) is 13.7. The van der Waals surface area contributed by atoms with Gasteiger partial charge in [-0.2, -0.15) is 0 Å². The summed E-state index contributed by atoms with van der Waals surface area (Å²) in [7, 11) is 0. The average molecular weight is 252 g/mol. The SMILES string of the molecule is CC1CCC(CCn2ccc(=O)[nH]c2=S)CC1. The summed E-state index contributed by atoms with van der Waals surface area (Å²) in [5.41, 5.74) is -0.113. The molecule has 0 spiro atoms. The predicted molar refractivity (Wildman–Crippen MR) is 71.6 cm³/mol. The first-order chi connectivity index (χ1) is 8.15. The molecule has 1 aromatic heterocycles. The number of nitrogens with zero attached hydrogens (tertiary/aromatic N) is 1. The highest BCUT2D eigenvalue weighted by molar-refractivity contribution is 7.71. The summed E-state index contributed by atoms with van der Waals surface area (Å²) >= 11 is 5.13. The normalized spacial score (nSPS) is 24.8. The molecule has 17 heavy (non-hydrogen) atoms. The van der Waals surface area contributed by atoms with E-state index in [-0.39, 0.29) is 5.56 Å². The first-order valence-electron chi connectivity index (χ1n) is 6.45. The van der Waals surface area contributed by atoms with E-state index in [1.54, 1.807) is 12.3 Å². The van der Waals surface area contributed by atoms with Crippen molar-refractivity contribution in [2.24, 2.45) is 11.8 Å². The van der Waals surface area contributed by atoms with Crippen molar-refractivity contribution >= 4 is 12.2 Å². The number of hydrogen-bond donors (Lipinski definition) is 1. The average Bonchev–Trinajstić information content (AvgIpc) is 2.30. The molecule has 0 radical (unpaired) electrons. The highest BCUT2D eigenvalue weighted by Gasteiger charge is 2.17. The van der Waals surface area contributed by atoms with Crippen LogP contribution < -0.4 is 5.56 Å². The number of aromatic nitrogens is 2. The van der Waals surface area contributed by atoms with Crippen LogP contribution in [0.3, 0.4) is 0 Å². The summed E-state index contributed by atoms with van der Waals surface area (Å²) in [6.45, 7) is 3.27. The largest absolute Gasteiger partial charge is 0.325 e. The van der Waals surface area contributed by atoms with Crippen molar-refractivity contribution in [2.45, 2.75) is 45.6 Å². The second-order valence-electron chi connectivity index (χ2n) is 5.22. The fraction of sp³-hybridized carbons (Fsp3) is 0.692. The van der Waals surface area contributed by atoms with Gasteiger partial charge in [0.15, 0.2) is 4.77 Å². The van der Waals surface area contributed by atoms with Crippen LogP contribution in [0.1, 0.15) is 39.0 Å². The highest BCUT2D eigenvalue weighted by atomic mass is 32.1. The van der Waals surface area contributed by atoms with E-state index in [9.17, 15) is 4.79 Å². The molecule has 94 valence electrons. The van der Waals surface area contributed by atoms with Crippen molar-refractivity contribution in [1.29, 1.82) is 0 Å². The Morgan fingerprint density at radius 3 is 2.76 bits per heavy atom. The molecule has 0 saturated heterocycles. The first-order valence-corrected chi connectivity index (χ1v) is 6.86. The zero-order valence-corrected chi connectivity index (χ0v) is 11.1. The molecule has 0 bridgehead atoms. The summed E-state index contributed by atoms with van der Waals surface area (Å²) < 4.78 is 2.51. The lowest BCUT2D eigenvalue weighted by atomic mass is 9.81. The molecule has 1 aliphatic rings. The quantitative estimate of drug-likeness (QED) is 0.839. The molecule has 1 N–H and O–H groups in total. The van der Waals surface area contributed by atoms with Crippen LogP contribution in [-0.4, -0.2) is 9.55 Å². The second kappa shape index (κ2) is 5.63. The molecule has 1 aliphatic carbocycles. The maximum Gasteiger partial charge on any atom is 0.251 e. The summed E-state index contributed by atoms with van der Waals surface area (Å²) in [5, 5.41) is 0. The minimum absolute atomic E-state index is 0.113. The van der Waals surface area contributed by atoms with Gasteiger partial charge in [0.2, 0.25) is 0 Å². The lowest BCUT2D eigenvalue weighted by Crippen LogP contribution is -2.16. The van der Waals surface area contributed by atoms with Crippen molar-refractivity contribution in [3.63, 3.8) is 0 Å². The van der Waals surface area contributed by atoms with E-state index in [0.717, 1.165) is 18.4 Å². The minimum atomic E-state index is -0.113. The fourth-order valence-electron chi connectivity index (χ4n) is 2.56. The van der Waals surface area contributed by atoms with Crippen LogP contribution in [0.5, 0.6) is 0 Å². The Bertz CT molecular complexity index is 469. The molecule has 2 rings (SSSR count). The molecule has 1 heterocycles. The lowest BCUT2D eigenvalue weighted by Gasteiger charge is -2.26. The Morgan fingerprint density at radius 1 is 1.41 bits per heavy atom. The number of nitrogens with one attached hydrogen (secondary N) is 1. The van der Waals surface area contributed by atoms with E-state index in [1.807, 2.05) is 4.57 Å². The van der Waals surface area contributed by atoms with E-state index >= 15 is 0 Å². The Hall–Kier alpha value is -0.900. The zero-order chi connectivity index (χ0) is 12.3. The van der Waals surface area contributed by atoms with Crippen LogP contribution in [-0.2, 0) is 6.54 Å². The Kier molecular flexibility index (Phi) is 4.15. The van der Waals surface area contributed by atoms with Gasteiger partial charge >= 0.3 is 0 Å². The van der Waals surface area contributed by atoms with Gasteiger partial charge in [-0.1, -0.05) is 32.6 Å². The third-order valence-corrected chi connectivity index (χ3v) is 4.15. The standard InChI is InChI=1S/C13H20N2OS/c1-10-2-4-11(5-3-10)6-8-15-9-7-12(16)14-13(15)17/h7,9-11H,2-6,8H2,1H3,(H,14,16,17). The topological polar surface area (TPSA) is 37.8 Å². The predicted octanol–water partition coefficient (Wildman–Crippen LogP) is 3.12. The van der Waals surface area contributed by atoms with Gasteiger partial charge < -0.3 is 4.57 Å². The number of rotatable bonds is 3. The molecular formula is C13H20N2OS. The fourth-order valence-corrected chi connectivity index (χ4v) is 2.81. The first kappa shape index (κ1) is 12.6. The van der Waals surface area contributed by atoms with Crippen molar-refractivity contribution < 1.29 is 0 Å². The lowest BCUT2D eigenvalue weighted by molar-refractivity contribution is 0.268. The van der Waals surface area contributed by atoms with Gasteiger partial charge in [-0.3, -0.25) is 9.78 Å². The highest BCUT2D eigenvalue weighted by Crippen LogP contribution is 2.30. The summed E-state index contributed by atoms with van der Waals surface area (Å²) in [6, 6.07) is 1.54. The van der Waals surface area contributed by atoms with Crippen molar-refractivity contribution in [2.75, 3.05) is 0 Å². The molecule has 3 nitrogen and oxygen atoms in total. The van der Waals surface area contributed by atoms with Gasteiger partial charge in [-0.25, -0.2) is 0 Å². The minimum Gasteiger partial charge on any atom is -0.325 e. The number of aromatic amines is 1. The Morgan fingerprint density at radius 2 is 2.12 bits per heavy atom. The van der Waals surface area contributed by atoms with Gasteiger partial charge in [0.05, 0.1) is 0 Å². The van der Waals surface area contributed by atoms with Crippen molar-refractivity contribution in [3.05, 3.63) is 27.4 Å². The van der Waals surface area contributed by atoms with Gasteiger partial charge in [0.25, 0.3) is 5.56 Å². The van der Waals surface area contributed by atoms with Crippen LogP contribution in [0.4, 0.5) is 0 Å². The molecule has 0 unspecified atom stereocenters. The Labute approximate surface area is 107 Å². The van der Waals surface area contributed by atoms with E-state index in [1.165, 1.54) is 32.1 Å². The summed E-state index contributed by atoms with van der Waals surface area (Å²) in [5.74, 6) is 1.74. The van der Waals surface area contributed by atoms with Crippen LogP contribution in [0, 0.1) is 16.6 Å². The number of H-pyrrole nitrogens is 1. The molecule has 1 aromatic rings. The van der Waals surface area contributed by atoms with Crippen molar-refractivity contribution in [1.82, 2.24) is 9.55 Å². The van der Waals surface area contributed by atoms with Crippen LogP contribution in [0.15, 0.2) is 17.1 Å². The van der Waals surface area contributed by atoms with Gasteiger partial charge in [0.1, 0.15) is 0 Å². The van der Waals surface area contributed by atoms with E-state index < -0.39 is 0 Å². The van der Waals surface area contributed by atoms with Crippen molar-refractivity contribution in [3.8, 4) is 0 Å². The third-order valence-electron chi connectivity index (χ3n) is 3.81. The smallest absolute Gasteiger partial charge is 0.251 e. The van der Waals surface area contributed by atoms with E-state index in [2.05, 4.69) is 11.9 Å². The Balaban J connectivity index is 1.89. The molecule has 4 heteroatoms. The number of hydrogen-bond acceptors (Lipinski definition) is 2. The third kappa shape index (κ3) is 3.53. The number of aryl methyl sites for hydroxylation is 1. The van der Waals surface area contributed by atoms with Gasteiger partial charge in [0, 0.05) is 18.8 Å². The maximum atomic E-state index is 11.0. The molecule has 1 fully saturated rings. The van der Waals surface area contributed by atoms with Gasteiger partial charge in [-0.05, 0) is 30.5 Å². The van der Waals surface area contributed by atoms with E-state index in [4.69, 9.17) is 12.2 Å². The monoisotopic (exact) mass is 252 g/mol. The molecule has 0 aromatic carbocycles. The molecule has 0 atom stereocenters. The molecule has 0 amide bonds. The second-order valence-corrected chi connectivity index (χ2v) is 5.60.